The maximum atomic E-state index is 12.1. The first kappa shape index (κ1) is 18.0. The van der Waals surface area contributed by atoms with Crippen molar-refractivity contribution >= 4 is 0 Å². The Morgan fingerprint density at radius 3 is 1.92 bits per heavy atom. The minimum Gasteiger partial charge on any atom is -0.466 e. The predicted octanol–water partition coefficient (Wildman–Crippen LogP) is 4.09. The van der Waals surface area contributed by atoms with Crippen LogP contribution in [0, 0.1) is 0 Å². The van der Waals surface area contributed by atoms with Gasteiger partial charge in [-0.1, -0.05) is 60.7 Å². The molecule has 4 heteroatoms. The van der Waals surface area contributed by atoms with Crippen LogP contribution >= 0.6 is 0 Å². The normalized spacial score (nSPS) is 11.1. The highest BCUT2D eigenvalue weighted by Gasteiger charge is 2.19. The fourth-order valence-electron chi connectivity index (χ4n) is 3.11. The Balaban J connectivity index is 2.11. The Labute approximate surface area is 153 Å². The van der Waals surface area contributed by atoms with Crippen LogP contribution in [0.2, 0.25) is 0 Å². The molecule has 0 aliphatic heterocycles. The Hall–Kier alpha value is -2.85. The van der Waals surface area contributed by atoms with E-state index in [9.17, 15) is 9.90 Å². The summed E-state index contributed by atoms with van der Waals surface area (Å²) in [7, 11) is 0. The smallest absolute Gasteiger partial charge is 0.198 e. The van der Waals surface area contributed by atoms with E-state index in [4.69, 9.17) is 4.74 Å². The van der Waals surface area contributed by atoms with E-state index in [1.54, 1.807) is 0 Å². The summed E-state index contributed by atoms with van der Waals surface area (Å²) in [6, 6.07) is 22.8. The van der Waals surface area contributed by atoms with Gasteiger partial charge in [-0.15, -0.1) is 0 Å². The molecule has 0 bridgehead atoms. The molecule has 0 radical (unpaired) electrons. The van der Waals surface area contributed by atoms with Crippen molar-refractivity contribution in [2.45, 2.75) is 32.6 Å². The van der Waals surface area contributed by atoms with Crippen LogP contribution in [-0.4, -0.2) is 9.67 Å². The van der Waals surface area contributed by atoms with E-state index >= 15 is 0 Å². The van der Waals surface area contributed by atoms with E-state index in [0.29, 0.717) is 11.6 Å². The number of aliphatic hydroxyl groups excluding tert-OH is 1. The second-order valence-electron chi connectivity index (χ2n) is 6.46. The summed E-state index contributed by atoms with van der Waals surface area (Å²) in [4.78, 5) is 12.1. The monoisotopic (exact) mass is 349 g/mol. The molecule has 1 N–H and O–H groups in total. The number of aromatic nitrogens is 1. The first-order valence-electron chi connectivity index (χ1n) is 8.73. The Morgan fingerprint density at radius 1 is 0.923 bits per heavy atom. The molecule has 26 heavy (non-hydrogen) atoms. The lowest BCUT2D eigenvalue weighted by Gasteiger charge is -2.26. The van der Waals surface area contributed by atoms with Crippen molar-refractivity contribution in [1.29, 1.82) is 0 Å². The molecule has 0 atom stereocenters. The summed E-state index contributed by atoms with van der Waals surface area (Å²) < 4.78 is 8.22. The van der Waals surface area contributed by atoms with Gasteiger partial charge in [0.05, 0.1) is 12.3 Å². The van der Waals surface area contributed by atoms with Gasteiger partial charge in [-0.25, -0.2) is 0 Å². The van der Waals surface area contributed by atoms with Crippen LogP contribution in [0.15, 0.2) is 77.6 Å². The fourth-order valence-corrected chi connectivity index (χ4v) is 3.11. The molecular formula is C22H23NO3. The lowest BCUT2D eigenvalue weighted by Crippen LogP contribution is -2.20. The van der Waals surface area contributed by atoms with Crippen molar-refractivity contribution in [2.75, 3.05) is 0 Å². The summed E-state index contributed by atoms with van der Waals surface area (Å²) in [5.41, 5.74) is 2.36. The van der Waals surface area contributed by atoms with Crippen molar-refractivity contribution in [3.8, 4) is 5.88 Å². The minimum atomic E-state index is -0.351. The van der Waals surface area contributed by atoms with Crippen LogP contribution in [0.5, 0.6) is 5.88 Å². The number of ether oxygens (including phenoxy) is 1. The summed E-state index contributed by atoms with van der Waals surface area (Å²) in [6.07, 6.45) is -0.351. The van der Waals surface area contributed by atoms with Gasteiger partial charge < -0.3 is 14.4 Å². The number of nitrogens with zero attached hydrogens (tertiary/aromatic N) is 1. The zero-order chi connectivity index (χ0) is 18.5. The summed E-state index contributed by atoms with van der Waals surface area (Å²) in [5, 5.41) is 9.67. The van der Waals surface area contributed by atoms with Gasteiger partial charge in [-0.3, -0.25) is 4.79 Å². The van der Waals surface area contributed by atoms with Crippen molar-refractivity contribution < 1.29 is 9.84 Å². The highest BCUT2D eigenvalue weighted by molar-refractivity contribution is 5.32. The Kier molecular flexibility index (Phi) is 5.54. The summed E-state index contributed by atoms with van der Waals surface area (Å²) in [5.74, 6) is 0.453. The topological polar surface area (TPSA) is 51.5 Å². The third kappa shape index (κ3) is 3.86. The maximum Gasteiger partial charge on any atom is 0.198 e. The number of pyridine rings is 1. The molecule has 0 fully saturated rings. The molecule has 3 rings (SSSR count). The third-order valence-electron chi connectivity index (χ3n) is 4.24. The van der Waals surface area contributed by atoms with E-state index in [1.807, 2.05) is 79.1 Å². The number of rotatable bonds is 6. The van der Waals surface area contributed by atoms with Gasteiger partial charge in [0.2, 0.25) is 0 Å². The van der Waals surface area contributed by atoms with Gasteiger partial charge in [-0.2, -0.15) is 0 Å². The Morgan fingerprint density at radius 2 is 1.46 bits per heavy atom. The lowest BCUT2D eigenvalue weighted by molar-refractivity contribution is 0.208. The van der Waals surface area contributed by atoms with Crippen molar-refractivity contribution in [2.24, 2.45) is 0 Å². The second-order valence-corrected chi connectivity index (χ2v) is 6.46. The molecule has 0 aliphatic carbocycles. The average molecular weight is 349 g/mol. The predicted molar refractivity (Wildman–Crippen MR) is 102 cm³/mol. The average Bonchev–Trinajstić information content (AvgIpc) is 2.66. The molecule has 0 saturated carbocycles. The largest absolute Gasteiger partial charge is 0.466 e. The zero-order valence-electron chi connectivity index (χ0n) is 15.0. The van der Waals surface area contributed by atoms with Gasteiger partial charge in [0.25, 0.3) is 0 Å². The van der Waals surface area contributed by atoms with Gasteiger partial charge in [0.1, 0.15) is 0 Å². The summed E-state index contributed by atoms with van der Waals surface area (Å²) >= 11 is 0. The Bertz CT molecular complexity index is 862. The van der Waals surface area contributed by atoms with Gasteiger partial charge in [0.15, 0.2) is 17.4 Å². The molecule has 0 amide bonds. The first-order valence-corrected chi connectivity index (χ1v) is 8.73. The maximum absolute atomic E-state index is 12.1. The molecule has 1 heterocycles. The van der Waals surface area contributed by atoms with E-state index < -0.39 is 0 Å². The molecular weight excluding hydrogens is 326 g/mol. The third-order valence-corrected chi connectivity index (χ3v) is 4.24. The molecule has 0 aliphatic rings. The number of aliphatic hydroxyl groups is 1. The van der Waals surface area contributed by atoms with Gasteiger partial charge in [0, 0.05) is 18.2 Å². The minimum absolute atomic E-state index is 0.0416. The molecule has 2 aromatic carbocycles. The van der Waals surface area contributed by atoms with E-state index in [2.05, 4.69) is 0 Å². The summed E-state index contributed by atoms with van der Waals surface area (Å²) in [6.45, 7) is 3.78. The standard InChI is InChI=1S/C22H23NO3/c1-16(2)23-19(15-24)13-20(25)14-21(23)26-22(17-9-5-3-6-10-17)18-11-7-4-8-12-18/h3-14,16,22,24H,15H2,1-2H3. The second kappa shape index (κ2) is 8.02. The van der Waals surface area contributed by atoms with E-state index in [-0.39, 0.29) is 24.2 Å². The molecule has 3 aromatic rings. The van der Waals surface area contributed by atoms with Gasteiger partial charge in [-0.05, 0) is 25.0 Å². The molecule has 0 spiro atoms. The van der Waals surface area contributed by atoms with Crippen molar-refractivity contribution in [3.63, 3.8) is 0 Å². The SMILES string of the molecule is CC(C)n1c(CO)cc(=O)cc1OC(c1ccccc1)c1ccccc1. The number of benzene rings is 2. The van der Waals surface area contributed by atoms with Gasteiger partial charge >= 0.3 is 0 Å². The molecule has 0 saturated heterocycles. The molecule has 1 aromatic heterocycles. The fraction of sp³-hybridized carbons (Fsp3) is 0.227. The highest BCUT2D eigenvalue weighted by Crippen LogP contribution is 2.30. The van der Waals surface area contributed by atoms with Crippen LogP contribution < -0.4 is 10.2 Å². The van der Waals surface area contributed by atoms with E-state index in [0.717, 1.165) is 11.1 Å². The van der Waals surface area contributed by atoms with Crippen LogP contribution in [0.25, 0.3) is 0 Å². The van der Waals surface area contributed by atoms with Crippen molar-refractivity contribution in [1.82, 2.24) is 4.57 Å². The van der Waals surface area contributed by atoms with Crippen LogP contribution in [0.3, 0.4) is 0 Å². The molecule has 134 valence electrons. The number of hydrogen-bond acceptors (Lipinski definition) is 3. The van der Waals surface area contributed by atoms with Crippen LogP contribution in [-0.2, 0) is 6.61 Å². The quantitative estimate of drug-likeness (QED) is 0.729. The van der Waals surface area contributed by atoms with E-state index in [1.165, 1.54) is 12.1 Å². The number of hydrogen-bond donors (Lipinski definition) is 1. The van der Waals surface area contributed by atoms with Crippen molar-refractivity contribution in [3.05, 3.63) is 99.8 Å². The van der Waals surface area contributed by atoms with Crippen LogP contribution in [0.4, 0.5) is 0 Å². The first-order chi connectivity index (χ1) is 12.6. The highest BCUT2D eigenvalue weighted by atomic mass is 16.5. The van der Waals surface area contributed by atoms with Crippen LogP contribution in [0.1, 0.15) is 42.8 Å². The molecule has 4 nitrogen and oxygen atoms in total. The lowest BCUT2D eigenvalue weighted by atomic mass is 10.0. The molecule has 0 unspecified atom stereocenters. The zero-order valence-corrected chi connectivity index (χ0v) is 15.0.